The number of rotatable bonds is 0. The highest BCUT2D eigenvalue weighted by Gasteiger charge is 2.07. The summed E-state index contributed by atoms with van der Waals surface area (Å²) in [7, 11) is 0. The van der Waals surface area contributed by atoms with E-state index in [1.807, 2.05) is 6.07 Å². The van der Waals surface area contributed by atoms with Gasteiger partial charge in [-0.15, -0.1) is 0 Å². The average molecular weight is 122 g/mol. The molecule has 0 bridgehead atoms. The minimum absolute atomic E-state index is 0.322. The van der Waals surface area contributed by atoms with Gasteiger partial charge in [-0.25, -0.2) is 0 Å². The zero-order valence-electron chi connectivity index (χ0n) is 4.68. The fraction of sp³-hybridized carbons (Fsp3) is 0. The van der Waals surface area contributed by atoms with Crippen molar-refractivity contribution in [3.05, 3.63) is 18.3 Å². The summed E-state index contributed by atoms with van der Waals surface area (Å²) < 4.78 is 0. The molecule has 46 valence electrons. The van der Waals surface area contributed by atoms with E-state index in [1.165, 1.54) is 0 Å². The molecule has 0 saturated carbocycles. The van der Waals surface area contributed by atoms with Gasteiger partial charge in [0, 0.05) is 6.20 Å². The fourth-order valence-electron chi connectivity index (χ4n) is 0.927. The third-order valence-electron chi connectivity index (χ3n) is 1.40. The summed E-state index contributed by atoms with van der Waals surface area (Å²) in [5.41, 5.74) is 1.78. The molecule has 0 atom stereocenters. The van der Waals surface area contributed by atoms with E-state index >= 15 is 0 Å². The molecule has 0 fully saturated rings. The van der Waals surface area contributed by atoms with Gasteiger partial charge in [0.25, 0.3) is 0 Å². The summed E-state index contributed by atoms with van der Waals surface area (Å²) in [5, 5.41) is 14.7. The summed E-state index contributed by atoms with van der Waals surface area (Å²) >= 11 is 0. The van der Waals surface area contributed by atoms with Gasteiger partial charge in [-0.2, -0.15) is 0 Å². The first-order valence-corrected chi connectivity index (χ1v) is 2.71. The topological polar surface area (TPSA) is 51.8 Å². The van der Waals surface area contributed by atoms with E-state index in [0.717, 1.165) is 11.3 Å². The van der Waals surface area contributed by atoms with Crippen LogP contribution in [0.15, 0.2) is 18.3 Å². The molecule has 0 radical (unpaired) electrons. The highest BCUT2D eigenvalue weighted by Crippen LogP contribution is 2.30. The zero-order valence-corrected chi connectivity index (χ0v) is 4.68. The SMILES string of the molecule is Oc1ccc2[nH][nH]cc1-2. The molecular weight excluding hydrogens is 116 g/mol. The van der Waals surface area contributed by atoms with Gasteiger partial charge in [-0.05, 0) is 12.1 Å². The van der Waals surface area contributed by atoms with Crippen LogP contribution in [0.1, 0.15) is 0 Å². The van der Waals surface area contributed by atoms with Gasteiger partial charge in [0.1, 0.15) is 5.75 Å². The Hall–Kier alpha value is -1.38. The number of aromatic nitrogens is 2. The molecule has 1 aliphatic heterocycles. The Morgan fingerprint density at radius 2 is 2.22 bits per heavy atom. The van der Waals surface area contributed by atoms with Crippen molar-refractivity contribution in [1.82, 2.24) is 10.2 Å². The molecule has 0 amide bonds. The van der Waals surface area contributed by atoms with Crippen molar-refractivity contribution in [1.29, 1.82) is 0 Å². The average Bonchev–Trinajstić information content (AvgIpc) is 2.35. The van der Waals surface area contributed by atoms with E-state index < -0.39 is 0 Å². The van der Waals surface area contributed by atoms with E-state index in [0.29, 0.717) is 5.75 Å². The molecule has 0 saturated heterocycles. The number of nitrogens with one attached hydrogen (secondary N) is 2. The highest BCUT2D eigenvalue weighted by atomic mass is 16.3. The predicted octanol–water partition coefficient (Wildman–Crippen LogP) is 1.15. The summed E-state index contributed by atoms with van der Waals surface area (Å²) in [6, 6.07) is 3.48. The Kier molecular flexibility index (Phi) is 0.656. The van der Waals surface area contributed by atoms with Gasteiger partial charge in [0.2, 0.25) is 0 Å². The van der Waals surface area contributed by atoms with Crippen molar-refractivity contribution >= 4 is 0 Å². The monoisotopic (exact) mass is 122 g/mol. The lowest BCUT2D eigenvalue weighted by Gasteiger charge is -1.83. The maximum Gasteiger partial charge on any atom is 0.126 e. The van der Waals surface area contributed by atoms with Crippen molar-refractivity contribution in [2.24, 2.45) is 0 Å². The molecule has 3 nitrogen and oxygen atoms in total. The molecule has 2 rings (SSSR count). The molecule has 2 aliphatic rings. The molecule has 0 aromatic heterocycles. The summed E-state index contributed by atoms with van der Waals surface area (Å²) in [6.07, 6.45) is 1.73. The van der Waals surface area contributed by atoms with Gasteiger partial charge in [-0.1, -0.05) is 0 Å². The van der Waals surface area contributed by atoms with Crippen LogP contribution < -0.4 is 0 Å². The second kappa shape index (κ2) is 1.31. The van der Waals surface area contributed by atoms with E-state index in [-0.39, 0.29) is 0 Å². The quantitative estimate of drug-likeness (QED) is 0.482. The van der Waals surface area contributed by atoms with E-state index in [4.69, 9.17) is 5.11 Å². The first kappa shape index (κ1) is 4.49. The molecule has 1 heterocycles. The van der Waals surface area contributed by atoms with Gasteiger partial charge < -0.3 is 15.3 Å². The molecule has 0 aromatic carbocycles. The van der Waals surface area contributed by atoms with Crippen LogP contribution in [0.4, 0.5) is 0 Å². The van der Waals surface area contributed by atoms with Crippen molar-refractivity contribution in [2.45, 2.75) is 0 Å². The minimum Gasteiger partial charge on any atom is -0.507 e. The molecule has 1 aliphatic carbocycles. The Balaban J connectivity index is 2.79. The summed E-state index contributed by atoms with van der Waals surface area (Å²) in [4.78, 5) is 0. The molecule has 3 N–H and O–H groups in total. The van der Waals surface area contributed by atoms with Crippen molar-refractivity contribution in [3.63, 3.8) is 0 Å². The van der Waals surface area contributed by atoms with Crippen LogP contribution in [-0.4, -0.2) is 15.3 Å². The van der Waals surface area contributed by atoms with E-state index in [1.54, 1.807) is 12.3 Å². The number of aromatic amines is 2. The van der Waals surface area contributed by atoms with Crippen LogP contribution in [0.25, 0.3) is 11.3 Å². The van der Waals surface area contributed by atoms with Gasteiger partial charge in [0.05, 0.1) is 11.3 Å². The number of hydrogen-bond acceptors (Lipinski definition) is 1. The number of hydrogen-bond donors (Lipinski definition) is 3. The first-order valence-electron chi connectivity index (χ1n) is 2.71. The van der Waals surface area contributed by atoms with Gasteiger partial charge in [0.15, 0.2) is 0 Å². The molecule has 0 unspecified atom stereocenters. The molecule has 0 spiro atoms. The highest BCUT2D eigenvalue weighted by molar-refractivity contribution is 5.69. The first-order chi connectivity index (χ1) is 4.38. The van der Waals surface area contributed by atoms with Crippen LogP contribution in [0.2, 0.25) is 0 Å². The molecule has 9 heavy (non-hydrogen) atoms. The van der Waals surface area contributed by atoms with Crippen LogP contribution in [0, 0.1) is 0 Å². The lowest BCUT2D eigenvalue weighted by Crippen LogP contribution is -1.63. The maximum absolute atomic E-state index is 9.06. The molecule has 3 heteroatoms. The fourth-order valence-corrected chi connectivity index (χ4v) is 0.927. The van der Waals surface area contributed by atoms with Gasteiger partial charge in [-0.3, -0.25) is 0 Å². The van der Waals surface area contributed by atoms with E-state index in [9.17, 15) is 0 Å². The van der Waals surface area contributed by atoms with Crippen LogP contribution >= 0.6 is 0 Å². The smallest absolute Gasteiger partial charge is 0.126 e. The number of aromatic hydroxyl groups is 1. The lowest BCUT2D eigenvalue weighted by molar-refractivity contribution is 0.479. The van der Waals surface area contributed by atoms with Crippen molar-refractivity contribution in [2.75, 3.05) is 0 Å². The Morgan fingerprint density at radius 3 is 3.00 bits per heavy atom. The number of H-pyrrole nitrogens is 2. The van der Waals surface area contributed by atoms with E-state index in [2.05, 4.69) is 10.2 Å². The van der Waals surface area contributed by atoms with Crippen LogP contribution in [0.5, 0.6) is 5.75 Å². The Labute approximate surface area is 51.6 Å². The minimum atomic E-state index is 0.322. The predicted molar refractivity (Wildman–Crippen MR) is 33.4 cm³/mol. The third kappa shape index (κ3) is 0.455. The maximum atomic E-state index is 9.06. The lowest BCUT2D eigenvalue weighted by atomic mass is 10.3. The molecule has 0 aromatic rings. The van der Waals surface area contributed by atoms with Crippen LogP contribution in [-0.2, 0) is 0 Å². The van der Waals surface area contributed by atoms with Crippen molar-refractivity contribution in [3.8, 4) is 17.0 Å². The normalized spacial score (nSPS) is 10.7. The van der Waals surface area contributed by atoms with Crippen molar-refractivity contribution < 1.29 is 5.11 Å². The standard InChI is InChI=1S/C6H6N2O/c9-6-2-1-5-4(6)3-7-8-5/h1-3,7-9H. The molecular formula is C6H6N2O. The Morgan fingerprint density at radius 1 is 1.33 bits per heavy atom. The number of fused-ring (bicyclic) bond motifs is 1. The second-order valence-electron chi connectivity index (χ2n) is 1.96. The summed E-state index contributed by atoms with van der Waals surface area (Å²) in [5.74, 6) is 0.322. The second-order valence-corrected chi connectivity index (χ2v) is 1.96. The Bertz CT molecular complexity index is 283. The largest absolute Gasteiger partial charge is 0.507 e. The van der Waals surface area contributed by atoms with Gasteiger partial charge >= 0.3 is 0 Å². The third-order valence-corrected chi connectivity index (χ3v) is 1.40. The zero-order chi connectivity index (χ0) is 6.27. The summed E-state index contributed by atoms with van der Waals surface area (Å²) in [6.45, 7) is 0. The van der Waals surface area contributed by atoms with Crippen LogP contribution in [0.3, 0.4) is 0 Å².